The van der Waals surface area contributed by atoms with Crippen molar-refractivity contribution in [3.63, 3.8) is 0 Å². The number of pyridine rings is 1. The van der Waals surface area contributed by atoms with E-state index in [4.69, 9.17) is 14.8 Å². The van der Waals surface area contributed by atoms with Gasteiger partial charge in [-0.05, 0) is 66.9 Å². The first kappa shape index (κ1) is 31.9. The van der Waals surface area contributed by atoms with Crippen LogP contribution < -0.4 is 4.74 Å². The van der Waals surface area contributed by atoms with E-state index < -0.39 is 17.9 Å². The van der Waals surface area contributed by atoms with Gasteiger partial charge in [0.05, 0.1) is 11.6 Å². The van der Waals surface area contributed by atoms with Gasteiger partial charge in [-0.3, -0.25) is 4.68 Å². The van der Waals surface area contributed by atoms with E-state index in [-0.39, 0.29) is 21.1 Å². The summed E-state index contributed by atoms with van der Waals surface area (Å²) in [5.74, 6) is 0.862. The third kappa shape index (κ3) is 5.60. The zero-order valence-corrected chi connectivity index (χ0v) is 28.4. The van der Waals surface area contributed by atoms with Crippen molar-refractivity contribution in [2.24, 2.45) is 0 Å². The normalized spacial score (nSPS) is 16.5. The second-order valence-electron chi connectivity index (χ2n) is 11.9. The number of ether oxygens (including phenoxy) is 1. The molecule has 3 heterocycles. The van der Waals surface area contributed by atoms with Crippen molar-refractivity contribution < 1.29 is 34.6 Å². The monoisotopic (exact) mass is 795 g/mol. The standard InChI is InChI=1S/C38H34F2N4O.Pt/c1-5-33-37(38-31(39)13-9-14-32(38)40)24(4)42-44(33)26-10-8-11-27(21-26)45-28-16-17-30-29-12-6-7-15-34(29)43(35(30)22-28)36-20-25(23(2)3)18-19-41-36;/h6-8,10-13,15-20,23,32,38H,5,9,14H2,1-4H3;/q-2;+2/t32-,38?;/m0./s1. The number of halogens is 2. The summed E-state index contributed by atoms with van der Waals surface area (Å²) in [4.78, 5) is 4.73. The Morgan fingerprint density at radius 1 is 1.00 bits per heavy atom. The third-order valence-corrected chi connectivity index (χ3v) is 8.72. The van der Waals surface area contributed by atoms with E-state index in [0.717, 1.165) is 33.3 Å². The van der Waals surface area contributed by atoms with Crippen LogP contribution in [0.15, 0.2) is 84.8 Å². The van der Waals surface area contributed by atoms with Crippen molar-refractivity contribution in [3.05, 3.63) is 119 Å². The molecule has 3 aromatic carbocycles. The van der Waals surface area contributed by atoms with Gasteiger partial charge in [0.1, 0.15) is 17.8 Å². The molecule has 0 saturated heterocycles. The maximum absolute atomic E-state index is 15.0. The van der Waals surface area contributed by atoms with Gasteiger partial charge in [0.15, 0.2) is 0 Å². The summed E-state index contributed by atoms with van der Waals surface area (Å²) in [7, 11) is 0. The van der Waals surface area contributed by atoms with Gasteiger partial charge in [0.2, 0.25) is 0 Å². The van der Waals surface area contributed by atoms with Crippen LogP contribution in [-0.4, -0.2) is 25.5 Å². The molecule has 236 valence electrons. The maximum Gasteiger partial charge on any atom is 2.00 e. The molecule has 0 bridgehead atoms. The molecule has 8 heteroatoms. The van der Waals surface area contributed by atoms with Crippen LogP contribution in [0.3, 0.4) is 0 Å². The number of hydrogen-bond acceptors (Lipinski definition) is 3. The molecule has 0 fully saturated rings. The van der Waals surface area contributed by atoms with Crippen LogP contribution in [0, 0.1) is 19.1 Å². The van der Waals surface area contributed by atoms with Crippen LogP contribution in [0.4, 0.5) is 8.78 Å². The van der Waals surface area contributed by atoms with Crippen LogP contribution in [0.5, 0.6) is 11.5 Å². The summed E-state index contributed by atoms with van der Waals surface area (Å²) in [5.41, 5.74) is 5.76. The first-order chi connectivity index (χ1) is 21.8. The molecule has 1 aliphatic carbocycles. The van der Waals surface area contributed by atoms with Crippen LogP contribution >= 0.6 is 0 Å². The van der Waals surface area contributed by atoms with Crippen molar-refractivity contribution in [3.8, 4) is 23.0 Å². The Morgan fingerprint density at radius 2 is 1.80 bits per heavy atom. The molecule has 0 radical (unpaired) electrons. The number of aryl methyl sites for hydroxylation is 1. The Kier molecular flexibility index (Phi) is 8.98. The Morgan fingerprint density at radius 3 is 2.59 bits per heavy atom. The van der Waals surface area contributed by atoms with Crippen molar-refractivity contribution in [1.29, 1.82) is 0 Å². The van der Waals surface area contributed by atoms with Gasteiger partial charge in [-0.1, -0.05) is 50.6 Å². The van der Waals surface area contributed by atoms with E-state index in [2.05, 4.69) is 54.8 Å². The fourth-order valence-corrected chi connectivity index (χ4v) is 6.52. The van der Waals surface area contributed by atoms with Gasteiger partial charge >= 0.3 is 21.1 Å². The van der Waals surface area contributed by atoms with E-state index in [1.807, 2.05) is 62.5 Å². The molecule has 7 rings (SSSR count). The quantitative estimate of drug-likeness (QED) is 0.151. The minimum Gasteiger partial charge on any atom is -0.509 e. The third-order valence-electron chi connectivity index (χ3n) is 8.72. The van der Waals surface area contributed by atoms with Crippen LogP contribution in [0.1, 0.15) is 68.0 Å². The molecule has 0 spiro atoms. The van der Waals surface area contributed by atoms with E-state index in [1.165, 1.54) is 11.6 Å². The minimum absolute atomic E-state index is 0. The molecule has 5 nitrogen and oxygen atoms in total. The zero-order valence-electron chi connectivity index (χ0n) is 26.1. The molecule has 0 saturated carbocycles. The Bertz CT molecular complexity index is 2080. The van der Waals surface area contributed by atoms with Crippen molar-refractivity contribution in [1.82, 2.24) is 19.3 Å². The largest absolute Gasteiger partial charge is 2.00 e. The van der Waals surface area contributed by atoms with Gasteiger partial charge in [0.25, 0.3) is 0 Å². The Hall–Kier alpha value is -4.09. The summed E-state index contributed by atoms with van der Waals surface area (Å²) in [6, 6.07) is 28.8. The van der Waals surface area contributed by atoms with Gasteiger partial charge in [0, 0.05) is 34.5 Å². The molecule has 0 amide bonds. The Balaban J connectivity index is 0.00000372. The number of benzene rings is 3. The predicted molar refractivity (Wildman–Crippen MR) is 174 cm³/mol. The first-order valence-corrected chi connectivity index (χ1v) is 15.5. The van der Waals surface area contributed by atoms with E-state index >= 15 is 4.39 Å². The molecule has 1 aliphatic rings. The SMILES string of the molecule is CCc1c(C2C(F)=CCC[C@@H]2F)c(C)nn1-c1[c-]c(Oc2[c-]c3c(cc2)c2ccccc2n3-c2cc(C(C)C)ccn2)ccc1.[Pt+2]. The maximum atomic E-state index is 15.0. The number of alkyl halides is 1. The van der Waals surface area contributed by atoms with Crippen molar-refractivity contribution in [2.45, 2.75) is 65.0 Å². The van der Waals surface area contributed by atoms with Gasteiger partial charge < -0.3 is 9.30 Å². The van der Waals surface area contributed by atoms with Crippen LogP contribution in [0.25, 0.3) is 33.3 Å². The van der Waals surface area contributed by atoms with Gasteiger partial charge in [-0.2, -0.15) is 17.2 Å². The number of para-hydroxylation sites is 1. The zero-order chi connectivity index (χ0) is 31.2. The molecular formula is C38H34F2N4OPt. The average Bonchev–Trinajstić information content (AvgIpc) is 3.55. The summed E-state index contributed by atoms with van der Waals surface area (Å²) in [5, 5.41) is 6.88. The molecule has 46 heavy (non-hydrogen) atoms. The second kappa shape index (κ2) is 13.0. The summed E-state index contributed by atoms with van der Waals surface area (Å²) >= 11 is 0. The molecule has 2 atom stereocenters. The molecule has 3 aromatic heterocycles. The van der Waals surface area contributed by atoms with Crippen LogP contribution in [0.2, 0.25) is 0 Å². The smallest absolute Gasteiger partial charge is 0.509 e. The minimum atomic E-state index is -1.28. The Labute approximate surface area is 282 Å². The number of nitrogens with zero attached hydrogens (tertiary/aromatic N) is 4. The predicted octanol–water partition coefficient (Wildman–Crippen LogP) is 9.82. The summed E-state index contributed by atoms with van der Waals surface area (Å²) < 4.78 is 40.1. The molecule has 1 unspecified atom stereocenters. The average molecular weight is 796 g/mol. The van der Waals surface area contributed by atoms with Gasteiger partial charge in [-0.15, -0.1) is 35.7 Å². The fraction of sp³-hybridized carbons (Fsp3) is 0.263. The molecule has 6 aromatic rings. The number of hydrogen-bond donors (Lipinski definition) is 0. The second-order valence-corrected chi connectivity index (χ2v) is 11.9. The summed E-state index contributed by atoms with van der Waals surface area (Å²) in [6.45, 7) is 8.13. The summed E-state index contributed by atoms with van der Waals surface area (Å²) in [6.07, 6.45) is 3.36. The number of aromatic nitrogens is 4. The molecule has 0 N–H and O–H groups in total. The first-order valence-electron chi connectivity index (χ1n) is 15.5. The van der Waals surface area contributed by atoms with E-state index in [9.17, 15) is 4.39 Å². The molecular weight excluding hydrogens is 762 g/mol. The van der Waals surface area contributed by atoms with Crippen LogP contribution in [-0.2, 0) is 27.5 Å². The van der Waals surface area contributed by atoms with E-state index in [1.54, 1.807) is 4.68 Å². The van der Waals surface area contributed by atoms with E-state index in [0.29, 0.717) is 53.6 Å². The fourth-order valence-electron chi connectivity index (χ4n) is 6.52. The number of allylic oxidation sites excluding steroid dienone is 2. The van der Waals surface area contributed by atoms with Crippen molar-refractivity contribution >= 4 is 21.8 Å². The molecule has 0 aliphatic heterocycles. The number of fused-ring (bicyclic) bond motifs is 3. The van der Waals surface area contributed by atoms with Crippen molar-refractivity contribution in [2.75, 3.05) is 0 Å². The topological polar surface area (TPSA) is 44.9 Å². The van der Waals surface area contributed by atoms with Gasteiger partial charge in [-0.25, -0.2) is 13.8 Å². The number of rotatable bonds is 7.